The van der Waals surface area contributed by atoms with Crippen molar-refractivity contribution in [2.24, 2.45) is 11.8 Å². The number of rotatable bonds is 6. The first-order valence-corrected chi connectivity index (χ1v) is 11.0. The van der Waals surface area contributed by atoms with Crippen molar-refractivity contribution in [1.29, 1.82) is 0 Å². The highest BCUT2D eigenvalue weighted by atomic mass is 32.1. The molecule has 1 saturated heterocycles. The van der Waals surface area contributed by atoms with Crippen molar-refractivity contribution in [3.8, 4) is 0 Å². The monoisotopic (exact) mass is 384 g/mol. The van der Waals surface area contributed by atoms with Crippen molar-refractivity contribution < 1.29 is 4.79 Å². The molecule has 1 saturated carbocycles. The van der Waals surface area contributed by atoms with Crippen LogP contribution in [-0.4, -0.2) is 33.9 Å². The highest BCUT2D eigenvalue weighted by Crippen LogP contribution is 2.33. The second kappa shape index (κ2) is 8.93. The summed E-state index contributed by atoms with van der Waals surface area (Å²) in [6.07, 6.45) is 12.3. The van der Waals surface area contributed by atoms with E-state index in [1.165, 1.54) is 18.4 Å². The molecule has 144 valence electrons. The summed E-state index contributed by atoms with van der Waals surface area (Å²) in [4.78, 5) is 24.0. The Morgan fingerprint density at radius 2 is 2.00 bits per heavy atom. The number of aromatic nitrogens is 2. The summed E-state index contributed by atoms with van der Waals surface area (Å²) in [5, 5.41) is 6.46. The number of thiazole rings is 1. The molecular formula is C21H28N4OS. The van der Waals surface area contributed by atoms with Gasteiger partial charge in [0, 0.05) is 43.0 Å². The first kappa shape index (κ1) is 18.6. The fourth-order valence-electron chi connectivity index (χ4n) is 4.48. The Morgan fingerprint density at radius 1 is 1.19 bits per heavy atom. The third-order valence-corrected chi connectivity index (χ3v) is 6.77. The molecule has 0 bridgehead atoms. The molecular weight excluding hydrogens is 356 g/mol. The van der Waals surface area contributed by atoms with Crippen LogP contribution in [0.25, 0.3) is 0 Å². The zero-order valence-electron chi connectivity index (χ0n) is 15.7. The Morgan fingerprint density at radius 3 is 2.74 bits per heavy atom. The molecule has 0 aromatic carbocycles. The lowest BCUT2D eigenvalue weighted by atomic mass is 9.90. The summed E-state index contributed by atoms with van der Waals surface area (Å²) in [6.45, 7) is 3.05. The first-order valence-electron chi connectivity index (χ1n) is 10.1. The van der Waals surface area contributed by atoms with Gasteiger partial charge < -0.3 is 5.32 Å². The van der Waals surface area contributed by atoms with Crippen molar-refractivity contribution >= 4 is 17.2 Å². The Bertz CT molecular complexity index is 715. The molecule has 0 spiro atoms. The maximum atomic E-state index is 12.8. The van der Waals surface area contributed by atoms with Crippen LogP contribution < -0.4 is 5.32 Å². The molecule has 2 aromatic rings. The topological polar surface area (TPSA) is 58.1 Å². The molecule has 2 aliphatic rings. The first-order chi connectivity index (χ1) is 13.3. The summed E-state index contributed by atoms with van der Waals surface area (Å²) in [7, 11) is 0. The molecule has 2 atom stereocenters. The Hall–Kier alpha value is -1.79. The van der Waals surface area contributed by atoms with Crippen LogP contribution in [0.5, 0.6) is 0 Å². The molecule has 3 heterocycles. The molecule has 1 aliphatic heterocycles. The van der Waals surface area contributed by atoms with Crippen LogP contribution in [0.2, 0.25) is 0 Å². The highest BCUT2D eigenvalue weighted by Gasteiger charge is 2.33. The second-order valence-electron chi connectivity index (χ2n) is 7.83. The summed E-state index contributed by atoms with van der Waals surface area (Å²) >= 11 is 1.66. The summed E-state index contributed by atoms with van der Waals surface area (Å²) in [6, 6.07) is 4.21. The van der Waals surface area contributed by atoms with Crippen molar-refractivity contribution in [3.63, 3.8) is 0 Å². The fraction of sp³-hybridized carbons (Fsp3) is 0.571. The van der Waals surface area contributed by atoms with E-state index in [9.17, 15) is 4.79 Å². The van der Waals surface area contributed by atoms with Gasteiger partial charge in [0.2, 0.25) is 5.91 Å². The van der Waals surface area contributed by atoms with Crippen LogP contribution in [-0.2, 0) is 11.3 Å². The number of carbonyl (C=O) groups excluding carboxylic acids is 1. The van der Waals surface area contributed by atoms with Crippen LogP contribution in [0.3, 0.4) is 0 Å². The average molecular weight is 385 g/mol. The summed E-state index contributed by atoms with van der Waals surface area (Å²) in [5.41, 5.74) is 1.30. The maximum absolute atomic E-state index is 12.8. The smallest absolute Gasteiger partial charge is 0.223 e. The summed E-state index contributed by atoms with van der Waals surface area (Å²) in [5.74, 6) is 0.847. The standard InChI is InChI=1S/C21H28N4OS/c26-20(17-4-1-2-5-17)24-19(21-23-11-13-27-21)18-6-3-12-25(15-18)14-16-7-9-22-10-8-16/h7-11,13,17-19H,1-6,12,14-15H2,(H,24,26). The number of nitrogens with one attached hydrogen (secondary N) is 1. The quantitative estimate of drug-likeness (QED) is 0.823. The van der Waals surface area contributed by atoms with E-state index in [1.807, 2.05) is 24.0 Å². The van der Waals surface area contributed by atoms with Crippen molar-refractivity contribution in [2.45, 2.75) is 51.1 Å². The van der Waals surface area contributed by atoms with E-state index in [-0.39, 0.29) is 17.9 Å². The number of hydrogen-bond donors (Lipinski definition) is 1. The van der Waals surface area contributed by atoms with Crippen LogP contribution in [0, 0.1) is 11.8 Å². The number of carbonyl (C=O) groups is 1. The van der Waals surface area contributed by atoms with E-state index in [0.717, 1.165) is 50.3 Å². The van der Waals surface area contributed by atoms with Crippen LogP contribution in [0.1, 0.15) is 55.1 Å². The van der Waals surface area contributed by atoms with Crippen molar-refractivity contribution in [1.82, 2.24) is 20.2 Å². The summed E-state index contributed by atoms with van der Waals surface area (Å²) < 4.78 is 0. The lowest BCUT2D eigenvalue weighted by molar-refractivity contribution is -0.126. The van der Waals surface area contributed by atoms with Gasteiger partial charge in [0.05, 0.1) is 6.04 Å². The van der Waals surface area contributed by atoms with Gasteiger partial charge in [0.25, 0.3) is 0 Å². The Kier molecular flexibility index (Phi) is 6.14. The Balaban J connectivity index is 1.45. The fourth-order valence-corrected chi connectivity index (χ4v) is 5.26. The predicted molar refractivity (Wildman–Crippen MR) is 107 cm³/mol. The van der Waals surface area contributed by atoms with E-state index in [0.29, 0.717) is 5.92 Å². The molecule has 2 unspecified atom stereocenters. The molecule has 4 rings (SSSR count). The minimum Gasteiger partial charge on any atom is -0.346 e. The van der Waals surface area contributed by atoms with Gasteiger partial charge in [0.15, 0.2) is 0 Å². The van der Waals surface area contributed by atoms with Gasteiger partial charge in [-0.1, -0.05) is 12.8 Å². The van der Waals surface area contributed by atoms with E-state index in [2.05, 4.69) is 32.3 Å². The number of likely N-dealkylation sites (tertiary alicyclic amines) is 1. The lowest BCUT2D eigenvalue weighted by Crippen LogP contribution is -2.43. The molecule has 2 fully saturated rings. The molecule has 5 nitrogen and oxygen atoms in total. The normalized spacial score (nSPS) is 22.6. The van der Waals surface area contributed by atoms with Gasteiger partial charge in [-0.25, -0.2) is 4.98 Å². The van der Waals surface area contributed by atoms with Crippen LogP contribution in [0.15, 0.2) is 36.1 Å². The van der Waals surface area contributed by atoms with Crippen LogP contribution in [0.4, 0.5) is 0 Å². The molecule has 1 amide bonds. The largest absolute Gasteiger partial charge is 0.346 e. The van der Waals surface area contributed by atoms with E-state index >= 15 is 0 Å². The van der Waals surface area contributed by atoms with Gasteiger partial charge in [-0.3, -0.25) is 14.7 Å². The number of nitrogens with zero attached hydrogens (tertiary/aromatic N) is 3. The zero-order chi connectivity index (χ0) is 18.5. The number of amides is 1. The molecule has 2 aromatic heterocycles. The number of hydrogen-bond acceptors (Lipinski definition) is 5. The Labute approximate surface area is 165 Å². The lowest BCUT2D eigenvalue weighted by Gasteiger charge is -2.37. The molecule has 6 heteroatoms. The van der Waals surface area contributed by atoms with Gasteiger partial charge in [0.1, 0.15) is 5.01 Å². The minimum atomic E-state index is 0.0401. The van der Waals surface area contributed by atoms with E-state index in [4.69, 9.17) is 0 Å². The minimum absolute atomic E-state index is 0.0401. The maximum Gasteiger partial charge on any atom is 0.223 e. The van der Waals surface area contributed by atoms with Gasteiger partial charge in [-0.05, 0) is 55.8 Å². The van der Waals surface area contributed by atoms with E-state index < -0.39 is 0 Å². The number of pyridine rings is 1. The van der Waals surface area contributed by atoms with Crippen molar-refractivity contribution in [2.75, 3.05) is 13.1 Å². The number of piperidine rings is 1. The molecule has 0 radical (unpaired) electrons. The highest BCUT2D eigenvalue weighted by molar-refractivity contribution is 7.09. The van der Waals surface area contributed by atoms with Gasteiger partial charge in [-0.2, -0.15) is 0 Å². The van der Waals surface area contributed by atoms with Crippen molar-refractivity contribution in [3.05, 3.63) is 46.7 Å². The molecule has 1 aliphatic carbocycles. The van der Waals surface area contributed by atoms with E-state index in [1.54, 1.807) is 11.3 Å². The van der Waals surface area contributed by atoms with Crippen LogP contribution >= 0.6 is 11.3 Å². The van der Waals surface area contributed by atoms with Gasteiger partial charge in [-0.15, -0.1) is 11.3 Å². The SMILES string of the molecule is O=C(NC(c1nccs1)C1CCCN(Cc2ccncc2)C1)C1CCCC1. The zero-order valence-corrected chi connectivity index (χ0v) is 16.5. The average Bonchev–Trinajstić information content (AvgIpc) is 3.41. The third-order valence-electron chi connectivity index (χ3n) is 5.91. The molecule has 1 N–H and O–H groups in total. The third kappa shape index (κ3) is 4.74. The molecule has 27 heavy (non-hydrogen) atoms. The predicted octanol–water partition coefficient (Wildman–Crippen LogP) is 3.80. The van der Waals surface area contributed by atoms with Gasteiger partial charge >= 0.3 is 0 Å². The second-order valence-corrected chi connectivity index (χ2v) is 8.76.